The van der Waals surface area contributed by atoms with Crippen LogP contribution in [-0.4, -0.2) is 55.7 Å². The molecule has 2 aliphatic heterocycles. The van der Waals surface area contributed by atoms with E-state index in [-0.39, 0.29) is 0 Å². The zero-order valence-corrected chi connectivity index (χ0v) is 21.4. The molecule has 3 aromatic heterocycles. The van der Waals surface area contributed by atoms with Crippen LogP contribution in [0.2, 0.25) is 0 Å². The first-order chi connectivity index (χ1) is 18.6. The Kier molecular flexibility index (Phi) is 6.60. The molecule has 0 atom stereocenters. The maximum atomic E-state index is 13.7. The fourth-order valence-corrected chi connectivity index (χ4v) is 5.81. The van der Waals surface area contributed by atoms with Gasteiger partial charge in [-0.05, 0) is 50.9 Å². The second kappa shape index (κ2) is 10.3. The largest absolute Gasteiger partial charge is 0.370 e. The number of halogens is 1. The first-order valence-corrected chi connectivity index (χ1v) is 13.2. The van der Waals surface area contributed by atoms with E-state index in [1.165, 1.54) is 12.3 Å². The highest BCUT2D eigenvalue weighted by Gasteiger charge is 2.28. The number of piperidine rings is 2. The summed E-state index contributed by atoms with van der Waals surface area (Å²) in [5, 5.41) is 26.9. The van der Waals surface area contributed by atoms with Gasteiger partial charge in [0.05, 0.1) is 23.5 Å². The van der Waals surface area contributed by atoms with Crippen LogP contribution in [0.15, 0.2) is 49.2 Å². The molecule has 1 aromatic carbocycles. The lowest BCUT2D eigenvalue weighted by atomic mass is 9.90. The Morgan fingerprint density at radius 1 is 1.00 bits per heavy atom. The summed E-state index contributed by atoms with van der Waals surface area (Å²) in [7, 11) is 1.97. The van der Waals surface area contributed by atoms with Gasteiger partial charge in [-0.25, -0.2) is 4.98 Å². The number of nitrogens with zero attached hydrogens (tertiary/aromatic N) is 8. The van der Waals surface area contributed by atoms with Crippen molar-refractivity contribution < 1.29 is 4.39 Å². The molecule has 10 heteroatoms. The normalized spacial score (nSPS) is 17.0. The standard InChI is InChI=1S/C28H30FN9/c1-36-18-33-35-28(36)19-8-12-37(13-9-19)27-24(20-2-5-26(29)32-15-20)4-3-23(25(27)14-30)21-16-34-38(17-21)22-6-10-31-11-7-22/h2-5,15-19,22,31H,6-13H2,1H3. The highest BCUT2D eigenvalue weighted by Crippen LogP contribution is 2.41. The first-order valence-electron chi connectivity index (χ1n) is 13.2. The molecule has 0 unspecified atom stereocenters. The van der Waals surface area contributed by atoms with Gasteiger partial charge in [-0.3, -0.25) is 4.68 Å². The third kappa shape index (κ3) is 4.54. The molecule has 2 aliphatic rings. The quantitative estimate of drug-likeness (QED) is 0.403. The van der Waals surface area contributed by atoms with E-state index in [1.807, 2.05) is 34.6 Å². The Labute approximate surface area is 220 Å². The van der Waals surface area contributed by atoms with Gasteiger partial charge in [0.1, 0.15) is 18.2 Å². The van der Waals surface area contributed by atoms with Gasteiger partial charge in [-0.15, -0.1) is 10.2 Å². The van der Waals surface area contributed by atoms with Crippen molar-refractivity contribution in [3.63, 3.8) is 0 Å². The van der Waals surface area contributed by atoms with Crippen LogP contribution in [0.3, 0.4) is 0 Å². The molecule has 0 radical (unpaired) electrons. The van der Waals surface area contributed by atoms with Crippen LogP contribution in [-0.2, 0) is 7.05 Å². The van der Waals surface area contributed by atoms with Crippen LogP contribution < -0.4 is 10.2 Å². The number of nitriles is 1. The highest BCUT2D eigenvalue weighted by molar-refractivity contribution is 5.89. The molecule has 38 heavy (non-hydrogen) atoms. The Hall–Kier alpha value is -4.10. The predicted molar refractivity (Wildman–Crippen MR) is 142 cm³/mol. The van der Waals surface area contributed by atoms with Crippen molar-refractivity contribution >= 4 is 5.69 Å². The molecule has 2 fully saturated rings. The van der Waals surface area contributed by atoms with E-state index in [9.17, 15) is 9.65 Å². The maximum Gasteiger partial charge on any atom is 0.212 e. The van der Waals surface area contributed by atoms with Gasteiger partial charge < -0.3 is 14.8 Å². The van der Waals surface area contributed by atoms with Crippen LogP contribution >= 0.6 is 0 Å². The van der Waals surface area contributed by atoms with Crippen LogP contribution in [0.5, 0.6) is 0 Å². The van der Waals surface area contributed by atoms with E-state index in [4.69, 9.17) is 0 Å². The lowest BCUT2D eigenvalue weighted by Crippen LogP contribution is -2.34. The molecule has 0 aliphatic carbocycles. The third-order valence-electron chi connectivity index (χ3n) is 7.85. The number of anilines is 1. The minimum atomic E-state index is -0.526. The van der Waals surface area contributed by atoms with Crippen molar-refractivity contribution in [2.45, 2.75) is 37.6 Å². The Balaban J connectivity index is 1.39. The third-order valence-corrected chi connectivity index (χ3v) is 7.85. The molecule has 5 heterocycles. The smallest absolute Gasteiger partial charge is 0.212 e. The second-order valence-corrected chi connectivity index (χ2v) is 10.1. The van der Waals surface area contributed by atoms with Crippen molar-refractivity contribution in [3.05, 3.63) is 66.5 Å². The lowest BCUT2D eigenvalue weighted by Gasteiger charge is -2.35. The van der Waals surface area contributed by atoms with E-state index in [1.54, 1.807) is 12.4 Å². The minimum absolute atomic E-state index is 0.312. The summed E-state index contributed by atoms with van der Waals surface area (Å²) >= 11 is 0. The van der Waals surface area contributed by atoms with Gasteiger partial charge >= 0.3 is 0 Å². The zero-order chi connectivity index (χ0) is 26.1. The number of hydrogen-bond donors (Lipinski definition) is 1. The molecule has 4 aromatic rings. The monoisotopic (exact) mass is 511 g/mol. The van der Waals surface area contributed by atoms with Gasteiger partial charge in [0.25, 0.3) is 0 Å². The highest BCUT2D eigenvalue weighted by atomic mass is 19.1. The number of pyridine rings is 1. The zero-order valence-electron chi connectivity index (χ0n) is 21.4. The molecule has 1 N–H and O–H groups in total. The average Bonchev–Trinajstić information content (AvgIpc) is 3.63. The van der Waals surface area contributed by atoms with Crippen LogP contribution in [0, 0.1) is 17.3 Å². The minimum Gasteiger partial charge on any atom is -0.370 e. The number of nitrogens with one attached hydrogen (secondary N) is 1. The number of rotatable bonds is 5. The van der Waals surface area contributed by atoms with Gasteiger partial charge in [-0.2, -0.15) is 14.8 Å². The summed E-state index contributed by atoms with van der Waals surface area (Å²) in [5.41, 5.74) is 4.92. The molecule has 0 amide bonds. The molecular weight excluding hydrogens is 481 g/mol. The summed E-state index contributed by atoms with van der Waals surface area (Å²) in [4.78, 5) is 6.17. The Morgan fingerprint density at radius 3 is 2.47 bits per heavy atom. The number of benzene rings is 1. The Morgan fingerprint density at radius 2 is 1.79 bits per heavy atom. The average molecular weight is 512 g/mol. The molecule has 2 saturated heterocycles. The molecule has 0 saturated carbocycles. The van der Waals surface area contributed by atoms with E-state index in [2.05, 4.69) is 42.8 Å². The summed E-state index contributed by atoms with van der Waals surface area (Å²) in [6.45, 7) is 3.51. The van der Waals surface area contributed by atoms with Gasteiger partial charge in [0.15, 0.2) is 0 Å². The van der Waals surface area contributed by atoms with E-state index in [0.29, 0.717) is 17.5 Å². The number of hydrogen-bond acceptors (Lipinski definition) is 7. The molecule has 9 nitrogen and oxygen atoms in total. The SMILES string of the molecule is Cn1cnnc1C1CCN(c2c(-c3ccc(F)nc3)ccc(-c3cnn(C4CCNCC4)c3)c2C#N)CC1. The van der Waals surface area contributed by atoms with Crippen LogP contribution in [0.1, 0.15) is 49.0 Å². The van der Waals surface area contributed by atoms with Gasteiger partial charge in [-0.1, -0.05) is 12.1 Å². The van der Waals surface area contributed by atoms with E-state index in [0.717, 1.165) is 85.6 Å². The van der Waals surface area contributed by atoms with Gasteiger partial charge in [0.2, 0.25) is 5.95 Å². The van der Waals surface area contributed by atoms with Crippen molar-refractivity contribution in [3.8, 4) is 28.3 Å². The Bertz CT molecular complexity index is 1450. The second-order valence-electron chi connectivity index (χ2n) is 10.1. The lowest BCUT2D eigenvalue weighted by molar-refractivity contribution is 0.343. The van der Waals surface area contributed by atoms with Gasteiger partial charge in [0, 0.05) is 60.7 Å². The van der Waals surface area contributed by atoms with Crippen LogP contribution in [0.25, 0.3) is 22.3 Å². The summed E-state index contributed by atoms with van der Waals surface area (Å²) in [6, 6.07) is 9.97. The molecular formula is C28H30FN9. The first kappa shape index (κ1) is 24.2. The molecule has 6 rings (SSSR count). The van der Waals surface area contributed by atoms with Crippen molar-refractivity contribution in [1.82, 2.24) is 34.8 Å². The fourth-order valence-electron chi connectivity index (χ4n) is 5.81. The molecule has 0 spiro atoms. The topological polar surface area (TPSA) is 100 Å². The summed E-state index contributed by atoms with van der Waals surface area (Å²) in [5.74, 6) is 0.779. The van der Waals surface area contributed by atoms with E-state index < -0.39 is 5.95 Å². The number of aromatic nitrogens is 6. The van der Waals surface area contributed by atoms with Crippen LogP contribution in [0.4, 0.5) is 10.1 Å². The number of aryl methyl sites for hydroxylation is 1. The maximum absolute atomic E-state index is 13.7. The van der Waals surface area contributed by atoms with Crippen molar-refractivity contribution in [2.75, 3.05) is 31.1 Å². The summed E-state index contributed by atoms with van der Waals surface area (Å²) < 4.78 is 17.7. The summed E-state index contributed by atoms with van der Waals surface area (Å²) in [6.07, 6.45) is 11.1. The fraction of sp³-hybridized carbons (Fsp3) is 0.393. The molecule has 194 valence electrons. The molecule has 0 bridgehead atoms. The van der Waals surface area contributed by atoms with Crippen molar-refractivity contribution in [2.24, 2.45) is 7.05 Å². The van der Waals surface area contributed by atoms with Crippen molar-refractivity contribution in [1.29, 1.82) is 5.26 Å². The predicted octanol–water partition coefficient (Wildman–Crippen LogP) is 4.06. The van der Waals surface area contributed by atoms with E-state index >= 15 is 0 Å².